The Kier molecular flexibility index (Phi) is 5.90. The highest BCUT2D eigenvalue weighted by atomic mass is 35.5. The number of benzene rings is 4. The Balaban J connectivity index is 1.40. The van der Waals surface area contributed by atoms with Crippen molar-refractivity contribution in [1.82, 2.24) is 0 Å². The lowest BCUT2D eigenvalue weighted by Gasteiger charge is -2.12. The second-order valence-electron chi connectivity index (χ2n) is 7.46. The van der Waals surface area contributed by atoms with E-state index in [2.05, 4.69) is 18.2 Å². The molecule has 0 aliphatic carbocycles. The molecule has 1 aliphatic rings. The van der Waals surface area contributed by atoms with Crippen molar-refractivity contribution in [2.75, 3.05) is 4.90 Å². The first kappa shape index (κ1) is 21.3. The average molecular weight is 472 g/mol. The van der Waals surface area contributed by atoms with Crippen LogP contribution < -0.4 is 9.64 Å². The van der Waals surface area contributed by atoms with Crippen LogP contribution in [0.15, 0.2) is 95.9 Å². The highest BCUT2D eigenvalue weighted by Crippen LogP contribution is 2.37. The van der Waals surface area contributed by atoms with E-state index < -0.39 is 0 Å². The molecule has 5 rings (SSSR count). The molecule has 162 valence electrons. The van der Waals surface area contributed by atoms with Gasteiger partial charge in [-0.1, -0.05) is 72.3 Å². The van der Waals surface area contributed by atoms with E-state index in [1.807, 2.05) is 48.5 Å². The van der Waals surface area contributed by atoms with Crippen molar-refractivity contribution in [2.24, 2.45) is 0 Å². The van der Waals surface area contributed by atoms with Crippen LogP contribution in [-0.4, -0.2) is 11.1 Å². The number of nitrogens with zero attached hydrogens (tertiary/aromatic N) is 1. The summed E-state index contributed by atoms with van der Waals surface area (Å²) in [4.78, 5) is 27.0. The van der Waals surface area contributed by atoms with Crippen LogP contribution in [0.25, 0.3) is 16.8 Å². The van der Waals surface area contributed by atoms with Gasteiger partial charge in [0.25, 0.3) is 11.1 Å². The summed E-state index contributed by atoms with van der Waals surface area (Å²) in [5.74, 6) is 0.278. The molecule has 0 spiro atoms. The fourth-order valence-corrected chi connectivity index (χ4v) is 4.69. The first-order valence-electron chi connectivity index (χ1n) is 10.3. The van der Waals surface area contributed by atoms with Crippen molar-refractivity contribution in [3.05, 3.63) is 112 Å². The molecule has 1 saturated heterocycles. The molecule has 1 aliphatic heterocycles. The highest BCUT2D eigenvalue weighted by molar-refractivity contribution is 8.19. The molecule has 0 aromatic heterocycles. The topological polar surface area (TPSA) is 46.6 Å². The molecule has 0 unspecified atom stereocenters. The molecule has 0 atom stereocenters. The van der Waals surface area contributed by atoms with Gasteiger partial charge in [-0.25, -0.2) is 4.90 Å². The second kappa shape index (κ2) is 9.14. The smallest absolute Gasteiger partial charge is 0.298 e. The molecule has 4 nitrogen and oxygen atoms in total. The van der Waals surface area contributed by atoms with Gasteiger partial charge in [0, 0.05) is 10.6 Å². The van der Waals surface area contributed by atoms with Gasteiger partial charge in [0.05, 0.1) is 10.6 Å². The lowest BCUT2D eigenvalue weighted by atomic mass is 10.1. The minimum absolute atomic E-state index is 0.344. The largest absolute Gasteiger partial charge is 0.488 e. The van der Waals surface area contributed by atoms with Crippen LogP contribution >= 0.6 is 23.4 Å². The normalized spacial score (nSPS) is 14.9. The predicted octanol–water partition coefficient (Wildman–Crippen LogP) is 7.31. The number of hydrogen-bond donors (Lipinski definition) is 0. The molecule has 4 aromatic rings. The van der Waals surface area contributed by atoms with Gasteiger partial charge < -0.3 is 4.74 Å². The van der Waals surface area contributed by atoms with Crippen molar-refractivity contribution in [3.63, 3.8) is 0 Å². The molecule has 1 fully saturated rings. The Morgan fingerprint density at radius 3 is 2.42 bits per heavy atom. The lowest BCUT2D eigenvalue weighted by Crippen LogP contribution is -2.27. The molecule has 4 aromatic carbocycles. The predicted molar refractivity (Wildman–Crippen MR) is 135 cm³/mol. The van der Waals surface area contributed by atoms with E-state index in [1.54, 1.807) is 30.3 Å². The summed E-state index contributed by atoms with van der Waals surface area (Å²) < 4.78 is 6.15. The third-order valence-electron chi connectivity index (χ3n) is 5.35. The summed E-state index contributed by atoms with van der Waals surface area (Å²) in [6, 6.07) is 28.4. The van der Waals surface area contributed by atoms with Gasteiger partial charge in [-0.15, -0.1) is 0 Å². The maximum Gasteiger partial charge on any atom is 0.298 e. The molecule has 33 heavy (non-hydrogen) atoms. The monoisotopic (exact) mass is 471 g/mol. The maximum atomic E-state index is 13.0. The SMILES string of the molecule is O=C1S/C(=C/c2ccccc2OCc2cccc3ccccc23)C(=O)N1c1ccc(Cl)cc1. The van der Waals surface area contributed by atoms with Crippen LogP contribution in [-0.2, 0) is 11.4 Å². The van der Waals surface area contributed by atoms with E-state index in [-0.39, 0.29) is 11.1 Å². The summed E-state index contributed by atoms with van der Waals surface area (Å²) in [5.41, 5.74) is 2.30. The number of hydrogen-bond acceptors (Lipinski definition) is 4. The summed E-state index contributed by atoms with van der Waals surface area (Å²) in [7, 11) is 0. The summed E-state index contributed by atoms with van der Waals surface area (Å²) in [6.45, 7) is 0.387. The zero-order chi connectivity index (χ0) is 22.8. The van der Waals surface area contributed by atoms with Gasteiger partial charge in [0.2, 0.25) is 0 Å². The highest BCUT2D eigenvalue weighted by Gasteiger charge is 2.36. The van der Waals surface area contributed by atoms with Gasteiger partial charge in [-0.3, -0.25) is 9.59 Å². The van der Waals surface area contributed by atoms with E-state index >= 15 is 0 Å². The quantitative estimate of drug-likeness (QED) is 0.286. The number of thioether (sulfide) groups is 1. The number of carbonyl (C=O) groups is 2. The molecule has 0 bridgehead atoms. The standard InChI is InChI=1S/C27H18ClNO3S/c28-21-12-14-22(15-13-21)29-26(30)25(33-27(29)31)16-19-7-2-4-11-24(19)32-17-20-9-5-8-18-6-1-3-10-23(18)20/h1-16H,17H2/b25-16+. The number of halogens is 1. The first-order chi connectivity index (χ1) is 16.1. The number of para-hydroxylation sites is 1. The minimum atomic E-state index is -0.365. The van der Waals surface area contributed by atoms with Crippen molar-refractivity contribution in [1.29, 1.82) is 0 Å². The molecule has 6 heteroatoms. The molecular weight excluding hydrogens is 454 g/mol. The molecule has 0 N–H and O–H groups in total. The molecule has 0 radical (unpaired) electrons. The number of carbonyl (C=O) groups excluding carboxylic acids is 2. The Bertz CT molecular complexity index is 1390. The van der Waals surface area contributed by atoms with E-state index in [0.717, 1.165) is 38.6 Å². The fourth-order valence-electron chi connectivity index (χ4n) is 3.73. The van der Waals surface area contributed by atoms with Crippen LogP contribution in [0.1, 0.15) is 11.1 Å². The Morgan fingerprint density at radius 2 is 1.58 bits per heavy atom. The third-order valence-corrected chi connectivity index (χ3v) is 6.47. The van der Waals surface area contributed by atoms with Crippen molar-refractivity contribution in [2.45, 2.75) is 6.61 Å². The molecular formula is C27H18ClNO3S. The van der Waals surface area contributed by atoms with Crippen LogP contribution in [0.5, 0.6) is 5.75 Å². The van der Waals surface area contributed by atoms with E-state index in [1.165, 1.54) is 0 Å². The van der Waals surface area contributed by atoms with Crippen molar-refractivity contribution < 1.29 is 14.3 Å². The van der Waals surface area contributed by atoms with E-state index in [4.69, 9.17) is 16.3 Å². The van der Waals surface area contributed by atoms with Crippen LogP contribution in [0.2, 0.25) is 5.02 Å². The fraction of sp³-hybridized carbons (Fsp3) is 0.0370. The van der Waals surface area contributed by atoms with Gasteiger partial charge in [0.1, 0.15) is 12.4 Å². The number of anilines is 1. The summed E-state index contributed by atoms with van der Waals surface area (Å²) in [5, 5.41) is 2.49. The van der Waals surface area contributed by atoms with E-state index in [9.17, 15) is 9.59 Å². The number of ether oxygens (including phenoxy) is 1. The molecule has 0 saturated carbocycles. The maximum absolute atomic E-state index is 13.0. The number of fused-ring (bicyclic) bond motifs is 1. The Labute approximate surface area is 200 Å². The van der Waals surface area contributed by atoms with Crippen LogP contribution in [0.4, 0.5) is 10.5 Å². The molecule has 2 amide bonds. The third kappa shape index (κ3) is 4.38. The minimum Gasteiger partial charge on any atom is -0.488 e. The van der Waals surface area contributed by atoms with Gasteiger partial charge >= 0.3 is 0 Å². The second-order valence-corrected chi connectivity index (χ2v) is 8.89. The lowest BCUT2D eigenvalue weighted by molar-refractivity contribution is -0.113. The number of rotatable bonds is 5. The van der Waals surface area contributed by atoms with Gasteiger partial charge in [-0.05, 0) is 64.5 Å². The van der Waals surface area contributed by atoms with Crippen molar-refractivity contribution >= 4 is 57.0 Å². The molecule has 1 heterocycles. The number of imide groups is 1. The van der Waals surface area contributed by atoms with Crippen molar-refractivity contribution in [3.8, 4) is 5.75 Å². The first-order valence-corrected chi connectivity index (χ1v) is 11.5. The zero-order valence-electron chi connectivity index (χ0n) is 17.4. The van der Waals surface area contributed by atoms with Gasteiger partial charge in [-0.2, -0.15) is 0 Å². The van der Waals surface area contributed by atoms with E-state index in [0.29, 0.717) is 28.0 Å². The Morgan fingerprint density at radius 1 is 0.848 bits per heavy atom. The zero-order valence-corrected chi connectivity index (χ0v) is 19.0. The number of amides is 2. The van der Waals surface area contributed by atoms with Gasteiger partial charge in [0.15, 0.2) is 0 Å². The average Bonchev–Trinajstić information content (AvgIpc) is 3.11. The Hall–Kier alpha value is -3.54. The summed E-state index contributed by atoms with van der Waals surface area (Å²) >= 11 is 6.84. The van der Waals surface area contributed by atoms with Crippen LogP contribution in [0, 0.1) is 0 Å². The summed E-state index contributed by atoms with van der Waals surface area (Å²) in [6.07, 6.45) is 1.71. The van der Waals surface area contributed by atoms with Crippen LogP contribution in [0.3, 0.4) is 0 Å².